The molecule has 1 amide bonds. The first-order chi connectivity index (χ1) is 24.5. The molecule has 3 aromatic heterocycles. The second-order valence-electron chi connectivity index (χ2n) is 12.9. The van der Waals surface area contributed by atoms with Gasteiger partial charge in [-0.05, 0) is 68.0 Å². The van der Waals surface area contributed by atoms with Gasteiger partial charge in [-0.25, -0.2) is 26.9 Å². The van der Waals surface area contributed by atoms with Crippen LogP contribution in [-0.4, -0.2) is 54.5 Å². The molecule has 5 rings (SSSR count). The van der Waals surface area contributed by atoms with Gasteiger partial charge in [-0.3, -0.25) is 14.2 Å². The molecule has 1 unspecified atom stereocenters. The first kappa shape index (κ1) is 38.1. The van der Waals surface area contributed by atoms with Crippen molar-refractivity contribution in [2.45, 2.75) is 69.6 Å². The van der Waals surface area contributed by atoms with Crippen LogP contribution in [0.3, 0.4) is 0 Å². The van der Waals surface area contributed by atoms with Crippen LogP contribution in [0.1, 0.15) is 85.4 Å². The molecule has 52 heavy (non-hydrogen) atoms. The van der Waals surface area contributed by atoms with Crippen molar-refractivity contribution in [3.8, 4) is 11.8 Å². The number of anilines is 1. The third-order valence-electron chi connectivity index (χ3n) is 8.58. The van der Waals surface area contributed by atoms with Crippen LogP contribution in [0, 0.1) is 11.8 Å². The molecule has 0 aromatic carbocycles. The van der Waals surface area contributed by atoms with Crippen LogP contribution in [0.4, 0.5) is 36.6 Å². The van der Waals surface area contributed by atoms with E-state index in [1.54, 1.807) is 13.1 Å². The highest BCUT2D eigenvalue weighted by atomic mass is 19.3. The number of carbonyl (C=O) groups excluding carboxylic acids is 1. The molecule has 0 radical (unpaired) electrons. The maximum Gasteiger partial charge on any atom is 0.290 e. The number of aliphatic hydroxyl groups is 1. The number of nitrogens with zero attached hydrogens (tertiary/aromatic N) is 5. The molecule has 16 heteroatoms. The Morgan fingerprint density at radius 3 is 2.62 bits per heavy atom. The molecular formula is C36H36F7N7O2. The third-order valence-corrected chi connectivity index (χ3v) is 8.58. The maximum atomic E-state index is 15.2. The molecule has 2 atom stereocenters. The lowest BCUT2D eigenvalue weighted by atomic mass is 9.90. The number of alkyl halides is 6. The van der Waals surface area contributed by atoms with E-state index >= 15 is 8.78 Å². The van der Waals surface area contributed by atoms with Gasteiger partial charge in [-0.15, -0.1) is 6.58 Å². The molecule has 0 bridgehead atoms. The lowest BCUT2D eigenvalue weighted by Gasteiger charge is -2.25. The molecule has 2 aliphatic rings. The van der Waals surface area contributed by atoms with Gasteiger partial charge in [0, 0.05) is 35.7 Å². The van der Waals surface area contributed by atoms with Crippen molar-refractivity contribution in [1.82, 2.24) is 29.9 Å². The number of fused-ring (bicyclic) bond motifs is 2. The zero-order valence-electron chi connectivity index (χ0n) is 28.5. The van der Waals surface area contributed by atoms with Gasteiger partial charge in [0.1, 0.15) is 48.4 Å². The van der Waals surface area contributed by atoms with Gasteiger partial charge < -0.3 is 16.2 Å². The summed E-state index contributed by atoms with van der Waals surface area (Å²) >= 11 is 0. The molecule has 0 saturated carbocycles. The number of nitrogens with one attached hydrogen (secondary N) is 1. The van der Waals surface area contributed by atoms with E-state index in [4.69, 9.17) is 5.73 Å². The fourth-order valence-corrected chi connectivity index (χ4v) is 6.48. The van der Waals surface area contributed by atoms with Crippen LogP contribution in [0.5, 0.6) is 0 Å². The summed E-state index contributed by atoms with van der Waals surface area (Å²) in [6, 6.07) is 1.45. The molecule has 0 spiro atoms. The minimum Gasteiger partial charge on any atom is -0.382 e. The van der Waals surface area contributed by atoms with Crippen molar-refractivity contribution in [1.29, 1.82) is 0 Å². The molecule has 3 heterocycles. The first-order valence-electron chi connectivity index (χ1n) is 16.1. The van der Waals surface area contributed by atoms with Crippen LogP contribution in [0.25, 0.3) is 11.6 Å². The fraction of sp³-hybridized carbons (Fsp3) is 0.389. The number of hydrogen-bond acceptors (Lipinski definition) is 6. The number of pyridine rings is 1. The van der Waals surface area contributed by atoms with E-state index in [-0.39, 0.29) is 17.2 Å². The summed E-state index contributed by atoms with van der Waals surface area (Å²) in [5.74, 6) is -1.52. The van der Waals surface area contributed by atoms with Crippen molar-refractivity contribution in [2.75, 3.05) is 19.1 Å². The van der Waals surface area contributed by atoms with Crippen LogP contribution >= 0.6 is 0 Å². The van der Waals surface area contributed by atoms with Crippen molar-refractivity contribution in [2.24, 2.45) is 7.05 Å². The van der Waals surface area contributed by atoms with E-state index in [1.165, 1.54) is 24.6 Å². The smallest absolute Gasteiger partial charge is 0.290 e. The Labute approximate surface area is 294 Å². The van der Waals surface area contributed by atoms with Gasteiger partial charge in [0.25, 0.3) is 12.3 Å². The van der Waals surface area contributed by atoms with Gasteiger partial charge in [-0.2, -0.15) is 19.0 Å². The zero-order valence-corrected chi connectivity index (χ0v) is 28.5. The van der Waals surface area contributed by atoms with Gasteiger partial charge in [0.05, 0.1) is 17.1 Å². The Balaban J connectivity index is 1.72. The first-order valence-corrected chi connectivity index (χ1v) is 16.1. The van der Waals surface area contributed by atoms with Crippen molar-refractivity contribution in [3.63, 3.8) is 0 Å². The second-order valence-corrected chi connectivity index (χ2v) is 12.9. The average Bonchev–Trinajstić information content (AvgIpc) is 3.70. The number of halogens is 7. The lowest BCUT2D eigenvalue weighted by molar-refractivity contribution is -0.122. The van der Waals surface area contributed by atoms with Crippen LogP contribution in [0.2, 0.25) is 0 Å². The molecule has 3 aromatic rings. The maximum absolute atomic E-state index is 15.2. The van der Waals surface area contributed by atoms with E-state index in [1.807, 2.05) is 6.08 Å². The summed E-state index contributed by atoms with van der Waals surface area (Å²) in [5.41, 5.74) is 2.90. The minimum atomic E-state index is -3.64. The minimum absolute atomic E-state index is 0.0485. The topological polar surface area (TPSA) is 124 Å². The Morgan fingerprint density at radius 1 is 1.25 bits per heavy atom. The predicted octanol–water partition coefficient (Wildman–Crippen LogP) is 4.77. The molecule has 4 N–H and O–H groups in total. The number of nitrogens with two attached hydrogens (primary N) is 1. The summed E-state index contributed by atoms with van der Waals surface area (Å²) < 4.78 is 103. The fourth-order valence-electron chi connectivity index (χ4n) is 6.48. The molecule has 9 nitrogen and oxygen atoms in total. The highest BCUT2D eigenvalue weighted by Crippen LogP contribution is 2.51. The van der Waals surface area contributed by atoms with Gasteiger partial charge >= 0.3 is 0 Å². The van der Waals surface area contributed by atoms with Gasteiger partial charge in [0.15, 0.2) is 5.82 Å². The van der Waals surface area contributed by atoms with E-state index in [2.05, 4.69) is 38.9 Å². The van der Waals surface area contributed by atoms with Crippen LogP contribution in [-0.2, 0) is 24.3 Å². The number of nitrogen functional groups attached to an aromatic ring is 1. The second kappa shape index (κ2) is 14.8. The number of allylic oxidation sites excluding steroid dienone is 4. The molecule has 0 fully saturated rings. The third kappa shape index (κ3) is 7.69. The molecule has 0 aliphatic heterocycles. The Kier molecular flexibility index (Phi) is 10.9. The van der Waals surface area contributed by atoms with E-state index in [0.29, 0.717) is 51.4 Å². The summed E-state index contributed by atoms with van der Waals surface area (Å²) in [6.45, 7) is 2.67. The highest BCUT2D eigenvalue weighted by Gasteiger charge is 2.50. The van der Waals surface area contributed by atoms with Crippen molar-refractivity contribution in [3.05, 3.63) is 92.8 Å². The average molecular weight is 732 g/mol. The number of hydrogen-bond donors (Lipinski definition) is 3. The normalized spacial score (nSPS) is 17.6. The number of aromatic nitrogens is 5. The van der Waals surface area contributed by atoms with E-state index < -0.39 is 90.5 Å². The number of aryl methyl sites for hydroxylation is 1. The number of rotatable bonds is 11. The highest BCUT2D eigenvalue weighted by molar-refractivity contribution is 5.78. The number of carbonyl (C=O) groups is 1. The lowest BCUT2D eigenvalue weighted by Crippen LogP contribution is -2.37. The Bertz CT molecular complexity index is 2150. The Morgan fingerprint density at radius 2 is 1.98 bits per heavy atom. The predicted molar refractivity (Wildman–Crippen MR) is 179 cm³/mol. The zero-order chi connectivity index (χ0) is 38.1. The van der Waals surface area contributed by atoms with Crippen LogP contribution in [0.15, 0.2) is 48.3 Å². The molecular weight excluding hydrogens is 695 g/mol. The standard InChI is InChI=1S/C36H36F7N7O2/c1-5-19-16-36(42,43)32-27(19)30(33(40)41)47-50(32)18-26(51)46-28(20(17-38)15-21(39)12-14-37)29-23(10-9-22(45-29)11-13-35(2,3)52)24-7-6-8-25-31(24)49(4)48-34(25)44/h5,8-10,12,15,19,28,33,52H,1,6-7,14,16-18H2,2-4H3,(H2,44,48)(H,46,51)/b20-15+,21-12+/t19-,28?/m0/s1. The van der Waals surface area contributed by atoms with Crippen molar-refractivity contribution < 1.29 is 40.6 Å². The van der Waals surface area contributed by atoms with E-state index in [9.17, 15) is 31.9 Å². The Hall–Kier alpha value is -5.17. The van der Waals surface area contributed by atoms with Gasteiger partial charge in [-0.1, -0.05) is 18.1 Å². The largest absolute Gasteiger partial charge is 0.382 e. The summed E-state index contributed by atoms with van der Waals surface area (Å²) in [7, 11) is 1.65. The summed E-state index contributed by atoms with van der Waals surface area (Å²) in [5, 5.41) is 21.9. The number of amides is 1. The summed E-state index contributed by atoms with van der Waals surface area (Å²) in [4.78, 5) is 18.4. The molecule has 0 saturated heterocycles. The van der Waals surface area contributed by atoms with Crippen molar-refractivity contribution >= 4 is 23.4 Å². The molecule has 276 valence electrons. The van der Waals surface area contributed by atoms with E-state index in [0.717, 1.165) is 6.08 Å². The van der Waals surface area contributed by atoms with Crippen LogP contribution < -0.4 is 21.6 Å². The monoisotopic (exact) mass is 731 g/mol. The molecule has 2 aliphatic carbocycles. The quantitative estimate of drug-likeness (QED) is 0.113. The SMILES string of the molecule is C=C[C@H]1CC(F)(F)c2c1c(C(F)F)nn2CC(=O)NC(/C(=C/C(F)=C\CF)CF)c1nc(C#CC(C)(C)O)ccc1C1=c2c(c(N)nn2C)=CCC1. The summed E-state index contributed by atoms with van der Waals surface area (Å²) in [6.07, 6.45) is 0.955. The van der Waals surface area contributed by atoms with Gasteiger partial charge in [0.2, 0.25) is 5.91 Å².